The molecule has 1 fully saturated rings. The Morgan fingerprint density at radius 3 is 2.52 bits per heavy atom. The second kappa shape index (κ2) is 9.98. The normalized spacial score (nSPS) is 16.1. The van der Waals surface area contributed by atoms with Crippen molar-refractivity contribution in [3.05, 3.63) is 58.6 Å². The van der Waals surface area contributed by atoms with Crippen LogP contribution in [0.4, 0.5) is 0 Å². The second-order valence-electron chi connectivity index (χ2n) is 6.94. The van der Waals surface area contributed by atoms with Crippen molar-refractivity contribution < 1.29 is 9.47 Å². The molecule has 0 aromatic heterocycles. The first-order valence-electron chi connectivity index (χ1n) is 9.63. The minimum atomic E-state index is 0.234. The van der Waals surface area contributed by atoms with E-state index in [2.05, 4.69) is 22.3 Å². The molecular formula is C22H29ClN2O2. The molecule has 1 saturated heterocycles. The van der Waals surface area contributed by atoms with Crippen LogP contribution < -0.4 is 14.8 Å². The molecule has 3 rings (SSSR count). The lowest BCUT2D eigenvalue weighted by molar-refractivity contribution is 0.157. The molecule has 0 saturated carbocycles. The van der Waals surface area contributed by atoms with Gasteiger partial charge in [0.2, 0.25) is 0 Å². The van der Waals surface area contributed by atoms with Gasteiger partial charge in [0, 0.05) is 23.7 Å². The van der Waals surface area contributed by atoms with Crippen molar-refractivity contribution in [2.24, 2.45) is 0 Å². The molecule has 4 nitrogen and oxygen atoms in total. The summed E-state index contributed by atoms with van der Waals surface area (Å²) in [6.07, 6.45) is 3.80. The van der Waals surface area contributed by atoms with Crippen molar-refractivity contribution in [3.8, 4) is 11.5 Å². The average Bonchev–Trinajstić information content (AvgIpc) is 2.72. The maximum Gasteiger partial charge on any atom is 0.123 e. The third kappa shape index (κ3) is 5.16. The number of halogens is 1. The number of nitrogens with zero attached hydrogens (tertiary/aromatic N) is 1. The van der Waals surface area contributed by atoms with Crippen LogP contribution in [0.15, 0.2) is 42.5 Å². The van der Waals surface area contributed by atoms with E-state index in [9.17, 15) is 0 Å². The van der Waals surface area contributed by atoms with Gasteiger partial charge in [-0.3, -0.25) is 4.90 Å². The molecule has 1 N–H and O–H groups in total. The maximum atomic E-state index is 6.31. The molecule has 0 bridgehead atoms. The van der Waals surface area contributed by atoms with Gasteiger partial charge in [0.1, 0.15) is 11.5 Å². The van der Waals surface area contributed by atoms with Crippen LogP contribution in [0.5, 0.6) is 11.5 Å². The molecular weight excluding hydrogens is 360 g/mol. The van der Waals surface area contributed by atoms with Crippen LogP contribution in [0.2, 0.25) is 5.02 Å². The van der Waals surface area contributed by atoms with E-state index in [1.165, 1.54) is 24.8 Å². The van der Waals surface area contributed by atoms with Crippen molar-refractivity contribution >= 4 is 11.6 Å². The summed E-state index contributed by atoms with van der Waals surface area (Å²) < 4.78 is 11.1. The molecule has 0 aliphatic carbocycles. The van der Waals surface area contributed by atoms with Crippen molar-refractivity contribution in [2.75, 3.05) is 33.9 Å². The summed E-state index contributed by atoms with van der Waals surface area (Å²) >= 11 is 6.31. The SMILES string of the molecule is COc1ccc(OC)c(C(CNCc2ccccc2Cl)N2CCCCC2)c1. The Kier molecular flexibility index (Phi) is 7.39. The Labute approximate surface area is 167 Å². The molecule has 1 aliphatic heterocycles. The van der Waals surface area contributed by atoms with Crippen LogP contribution in [0.25, 0.3) is 0 Å². The van der Waals surface area contributed by atoms with Crippen LogP contribution in [0.3, 0.4) is 0 Å². The number of likely N-dealkylation sites (tertiary alicyclic amines) is 1. The van der Waals surface area contributed by atoms with Gasteiger partial charge in [0.15, 0.2) is 0 Å². The molecule has 0 spiro atoms. The lowest BCUT2D eigenvalue weighted by atomic mass is 10.00. The zero-order chi connectivity index (χ0) is 19.1. The Bertz CT molecular complexity index is 732. The highest BCUT2D eigenvalue weighted by Crippen LogP contribution is 2.34. The van der Waals surface area contributed by atoms with Gasteiger partial charge in [-0.05, 0) is 55.8 Å². The van der Waals surface area contributed by atoms with Gasteiger partial charge >= 0.3 is 0 Å². The first-order chi connectivity index (χ1) is 13.2. The minimum Gasteiger partial charge on any atom is -0.497 e. The second-order valence-corrected chi connectivity index (χ2v) is 7.35. The summed E-state index contributed by atoms with van der Waals surface area (Å²) in [6.45, 7) is 3.79. The maximum absolute atomic E-state index is 6.31. The Morgan fingerprint density at radius 1 is 1.04 bits per heavy atom. The Morgan fingerprint density at radius 2 is 1.81 bits per heavy atom. The van der Waals surface area contributed by atoms with E-state index in [1.807, 2.05) is 30.3 Å². The number of ether oxygens (including phenoxy) is 2. The number of rotatable bonds is 8. The average molecular weight is 389 g/mol. The van der Waals surface area contributed by atoms with E-state index in [0.29, 0.717) is 0 Å². The van der Waals surface area contributed by atoms with E-state index < -0.39 is 0 Å². The fourth-order valence-electron chi connectivity index (χ4n) is 3.75. The Balaban J connectivity index is 1.80. The van der Waals surface area contributed by atoms with Crippen LogP contribution in [0.1, 0.15) is 36.4 Å². The van der Waals surface area contributed by atoms with Crippen molar-refractivity contribution in [1.82, 2.24) is 10.2 Å². The highest BCUT2D eigenvalue weighted by molar-refractivity contribution is 6.31. The molecule has 1 unspecified atom stereocenters. The lowest BCUT2D eigenvalue weighted by Gasteiger charge is -2.36. The molecule has 2 aromatic carbocycles. The topological polar surface area (TPSA) is 33.7 Å². The fraction of sp³-hybridized carbons (Fsp3) is 0.455. The van der Waals surface area contributed by atoms with E-state index in [4.69, 9.17) is 21.1 Å². The number of hydrogen-bond donors (Lipinski definition) is 1. The molecule has 146 valence electrons. The van der Waals surface area contributed by atoms with Gasteiger partial charge in [-0.2, -0.15) is 0 Å². The number of nitrogens with one attached hydrogen (secondary N) is 1. The third-order valence-electron chi connectivity index (χ3n) is 5.24. The van der Waals surface area contributed by atoms with Gasteiger partial charge in [-0.15, -0.1) is 0 Å². The van der Waals surface area contributed by atoms with Crippen LogP contribution in [-0.4, -0.2) is 38.8 Å². The van der Waals surface area contributed by atoms with E-state index >= 15 is 0 Å². The number of benzene rings is 2. The fourth-order valence-corrected chi connectivity index (χ4v) is 3.95. The monoisotopic (exact) mass is 388 g/mol. The molecule has 5 heteroatoms. The number of methoxy groups -OCH3 is 2. The van der Waals surface area contributed by atoms with Crippen molar-refractivity contribution in [1.29, 1.82) is 0 Å². The Hall–Kier alpha value is -1.75. The number of piperidine rings is 1. The lowest BCUT2D eigenvalue weighted by Crippen LogP contribution is -2.39. The van der Waals surface area contributed by atoms with Crippen molar-refractivity contribution in [3.63, 3.8) is 0 Å². The molecule has 0 radical (unpaired) electrons. The highest BCUT2D eigenvalue weighted by Gasteiger charge is 2.25. The number of hydrogen-bond acceptors (Lipinski definition) is 4. The molecule has 1 atom stereocenters. The largest absolute Gasteiger partial charge is 0.497 e. The summed E-state index contributed by atoms with van der Waals surface area (Å²) in [7, 11) is 3.44. The van der Waals surface area contributed by atoms with Gasteiger partial charge in [-0.1, -0.05) is 36.2 Å². The molecule has 0 amide bonds. The molecule has 27 heavy (non-hydrogen) atoms. The van der Waals surface area contributed by atoms with Crippen LogP contribution >= 0.6 is 11.6 Å². The zero-order valence-electron chi connectivity index (χ0n) is 16.2. The molecule has 1 aliphatic rings. The minimum absolute atomic E-state index is 0.234. The van der Waals surface area contributed by atoms with Gasteiger partial charge in [0.25, 0.3) is 0 Å². The summed E-state index contributed by atoms with van der Waals surface area (Å²) in [4.78, 5) is 2.56. The quantitative estimate of drug-likeness (QED) is 0.712. The van der Waals surface area contributed by atoms with E-state index in [-0.39, 0.29) is 6.04 Å². The van der Waals surface area contributed by atoms with Crippen LogP contribution in [0, 0.1) is 0 Å². The standard InChI is InChI=1S/C22H29ClN2O2/c1-26-18-10-11-22(27-2)19(14-18)21(25-12-6-3-7-13-25)16-24-15-17-8-4-5-9-20(17)23/h4-5,8-11,14,21,24H,3,6-7,12-13,15-16H2,1-2H3. The first-order valence-corrected chi connectivity index (χ1v) is 10.0. The van der Waals surface area contributed by atoms with Gasteiger partial charge in [0.05, 0.1) is 20.3 Å². The van der Waals surface area contributed by atoms with Gasteiger partial charge in [-0.25, -0.2) is 0 Å². The smallest absolute Gasteiger partial charge is 0.123 e. The van der Waals surface area contributed by atoms with E-state index in [1.54, 1.807) is 14.2 Å². The van der Waals surface area contributed by atoms with Gasteiger partial charge < -0.3 is 14.8 Å². The highest BCUT2D eigenvalue weighted by atomic mass is 35.5. The summed E-state index contributed by atoms with van der Waals surface area (Å²) in [6, 6.07) is 14.3. The van der Waals surface area contributed by atoms with E-state index in [0.717, 1.165) is 48.3 Å². The predicted molar refractivity (Wildman–Crippen MR) is 111 cm³/mol. The van der Waals surface area contributed by atoms with Crippen molar-refractivity contribution in [2.45, 2.75) is 31.8 Å². The zero-order valence-corrected chi connectivity index (χ0v) is 17.0. The molecule has 1 heterocycles. The summed E-state index contributed by atoms with van der Waals surface area (Å²) in [5, 5.41) is 4.41. The molecule has 2 aromatic rings. The summed E-state index contributed by atoms with van der Waals surface area (Å²) in [5.41, 5.74) is 2.29. The predicted octanol–water partition coefficient (Wildman–Crippen LogP) is 4.67. The first kappa shape index (κ1) is 20.0. The summed E-state index contributed by atoms with van der Waals surface area (Å²) in [5.74, 6) is 1.77. The third-order valence-corrected chi connectivity index (χ3v) is 5.61. The van der Waals surface area contributed by atoms with Crippen LogP contribution in [-0.2, 0) is 6.54 Å².